The summed E-state index contributed by atoms with van der Waals surface area (Å²) < 4.78 is 6.10. The molecule has 24 heavy (non-hydrogen) atoms. The molecule has 1 rings (SSSR count). The smallest absolute Gasteiger partial charge is 0.333 e. The number of hydrogen-bond acceptors (Lipinski definition) is 5. The molecular weight excluding hydrogens is 326 g/mol. The first-order valence-electron chi connectivity index (χ1n) is 8.75. The van der Waals surface area contributed by atoms with E-state index in [2.05, 4.69) is 33.9 Å². The fourth-order valence-electron chi connectivity index (χ4n) is 2.07. The molecule has 0 atom stereocenters. The maximum absolute atomic E-state index is 11.6. The number of rotatable bonds is 9. The number of amides is 2. The van der Waals surface area contributed by atoms with E-state index in [0.717, 1.165) is 25.9 Å². The predicted molar refractivity (Wildman–Crippen MR) is 93.4 cm³/mol. The highest BCUT2D eigenvalue weighted by Gasteiger charge is 2.36. The second kappa shape index (κ2) is 8.76. The van der Waals surface area contributed by atoms with Gasteiger partial charge in [0, 0.05) is 25.9 Å². The van der Waals surface area contributed by atoms with Crippen LogP contribution in [0.4, 0.5) is 0 Å². The van der Waals surface area contributed by atoms with E-state index in [4.69, 9.17) is 9.26 Å². The average molecular weight is 358 g/mol. The SMILES string of the molecule is CC(C)(C)[Si](C)(C)OCCCCCCC(=O)ON1C(=O)CCC1=O. The summed E-state index contributed by atoms with van der Waals surface area (Å²) in [6, 6.07) is 0. The third-order valence-corrected chi connectivity index (χ3v) is 9.28. The van der Waals surface area contributed by atoms with E-state index < -0.39 is 26.1 Å². The molecule has 138 valence electrons. The van der Waals surface area contributed by atoms with Gasteiger partial charge in [0.25, 0.3) is 11.8 Å². The number of hydroxylamine groups is 2. The minimum absolute atomic E-state index is 0.125. The summed E-state index contributed by atoms with van der Waals surface area (Å²) in [6.07, 6.45) is 4.03. The van der Waals surface area contributed by atoms with Crippen molar-refractivity contribution in [2.24, 2.45) is 0 Å². The van der Waals surface area contributed by atoms with Crippen LogP contribution in [0.15, 0.2) is 0 Å². The number of carbonyl (C=O) groups excluding carboxylic acids is 3. The van der Waals surface area contributed by atoms with Crippen molar-refractivity contribution in [3.63, 3.8) is 0 Å². The Bertz CT molecular complexity index is 454. The summed E-state index contributed by atoms with van der Waals surface area (Å²) in [7, 11) is -1.67. The second-order valence-electron chi connectivity index (χ2n) is 7.82. The summed E-state index contributed by atoms with van der Waals surface area (Å²) in [4.78, 5) is 39.1. The van der Waals surface area contributed by atoms with E-state index in [1.807, 2.05) is 0 Å². The Kier molecular flexibility index (Phi) is 7.60. The molecule has 0 spiro atoms. The monoisotopic (exact) mass is 357 g/mol. The van der Waals surface area contributed by atoms with Crippen molar-refractivity contribution in [3.05, 3.63) is 0 Å². The van der Waals surface area contributed by atoms with Crippen LogP contribution >= 0.6 is 0 Å². The van der Waals surface area contributed by atoms with E-state index >= 15 is 0 Å². The van der Waals surface area contributed by atoms with Gasteiger partial charge in [-0.25, -0.2) is 4.79 Å². The van der Waals surface area contributed by atoms with Gasteiger partial charge in [-0.15, -0.1) is 5.06 Å². The van der Waals surface area contributed by atoms with Crippen LogP contribution in [0.2, 0.25) is 18.1 Å². The molecule has 0 unspecified atom stereocenters. The number of hydrogen-bond donors (Lipinski definition) is 0. The first kappa shape index (κ1) is 20.8. The zero-order valence-corrected chi connectivity index (χ0v) is 16.6. The van der Waals surface area contributed by atoms with E-state index in [-0.39, 0.29) is 24.3 Å². The standard InChI is InChI=1S/C17H31NO5Si/c1-17(2,3)24(4,5)22-13-9-7-6-8-10-16(21)23-18-14(19)11-12-15(18)20/h6-13H2,1-5H3. The minimum atomic E-state index is -1.67. The Morgan fingerprint density at radius 3 is 2.12 bits per heavy atom. The quantitative estimate of drug-likeness (QED) is 0.358. The molecule has 1 aliphatic rings. The molecule has 2 amide bonds. The normalized spacial score (nSPS) is 16.0. The van der Waals surface area contributed by atoms with Gasteiger partial charge in [0.05, 0.1) is 0 Å². The van der Waals surface area contributed by atoms with Gasteiger partial charge < -0.3 is 9.26 Å². The molecule has 0 bridgehead atoms. The summed E-state index contributed by atoms with van der Waals surface area (Å²) in [5.74, 6) is -1.39. The van der Waals surface area contributed by atoms with Crippen molar-refractivity contribution < 1.29 is 23.6 Å². The summed E-state index contributed by atoms with van der Waals surface area (Å²) in [5, 5.41) is 0.830. The molecule has 0 aliphatic carbocycles. The van der Waals surface area contributed by atoms with Crippen LogP contribution < -0.4 is 0 Å². The van der Waals surface area contributed by atoms with Crippen LogP contribution in [0.5, 0.6) is 0 Å². The zero-order chi connectivity index (χ0) is 18.4. The van der Waals surface area contributed by atoms with Crippen molar-refractivity contribution in [1.29, 1.82) is 0 Å². The van der Waals surface area contributed by atoms with Gasteiger partial charge in [-0.1, -0.05) is 33.6 Å². The maximum atomic E-state index is 11.6. The third-order valence-electron chi connectivity index (χ3n) is 4.74. The van der Waals surface area contributed by atoms with E-state index in [1.54, 1.807) is 0 Å². The van der Waals surface area contributed by atoms with Gasteiger partial charge in [0.2, 0.25) is 0 Å². The molecule has 1 heterocycles. The van der Waals surface area contributed by atoms with Crippen LogP contribution in [0.3, 0.4) is 0 Å². The zero-order valence-electron chi connectivity index (χ0n) is 15.6. The number of carbonyl (C=O) groups is 3. The predicted octanol–water partition coefficient (Wildman–Crippen LogP) is 3.57. The number of imide groups is 1. The van der Waals surface area contributed by atoms with Crippen LogP contribution in [0.25, 0.3) is 0 Å². The lowest BCUT2D eigenvalue weighted by atomic mass is 10.1. The van der Waals surface area contributed by atoms with Crippen LogP contribution in [-0.4, -0.2) is 37.8 Å². The lowest BCUT2D eigenvalue weighted by molar-refractivity contribution is -0.197. The topological polar surface area (TPSA) is 72.9 Å². The molecule has 0 N–H and O–H groups in total. The molecule has 0 aromatic carbocycles. The number of nitrogens with zero attached hydrogens (tertiary/aromatic N) is 1. The van der Waals surface area contributed by atoms with Gasteiger partial charge in [-0.05, 0) is 31.0 Å². The molecule has 7 heteroatoms. The first-order valence-corrected chi connectivity index (χ1v) is 11.7. The molecular formula is C17H31NO5Si. The van der Waals surface area contributed by atoms with Crippen LogP contribution in [0.1, 0.15) is 65.7 Å². The minimum Gasteiger partial charge on any atom is -0.417 e. The maximum Gasteiger partial charge on any atom is 0.333 e. The fraction of sp³-hybridized carbons (Fsp3) is 0.824. The highest BCUT2D eigenvalue weighted by atomic mass is 28.4. The molecule has 0 aromatic heterocycles. The summed E-state index contributed by atoms with van der Waals surface area (Å²) >= 11 is 0. The Morgan fingerprint density at radius 1 is 1.04 bits per heavy atom. The van der Waals surface area contributed by atoms with Crippen molar-refractivity contribution >= 4 is 26.1 Å². The van der Waals surface area contributed by atoms with E-state index in [1.165, 1.54) is 0 Å². The third kappa shape index (κ3) is 6.35. The Balaban J connectivity index is 2.09. The van der Waals surface area contributed by atoms with Crippen molar-refractivity contribution in [2.75, 3.05) is 6.61 Å². The molecule has 6 nitrogen and oxygen atoms in total. The van der Waals surface area contributed by atoms with Crippen molar-refractivity contribution in [1.82, 2.24) is 5.06 Å². The fourth-order valence-corrected chi connectivity index (χ4v) is 3.16. The lowest BCUT2D eigenvalue weighted by Crippen LogP contribution is -2.40. The average Bonchev–Trinajstić information content (AvgIpc) is 2.77. The highest BCUT2D eigenvalue weighted by Crippen LogP contribution is 2.36. The largest absolute Gasteiger partial charge is 0.417 e. The summed E-state index contributed by atoms with van der Waals surface area (Å²) in [6.45, 7) is 11.9. The Labute approximate surface area is 146 Å². The molecule has 0 aromatic rings. The second-order valence-corrected chi connectivity index (χ2v) is 12.6. The van der Waals surface area contributed by atoms with E-state index in [0.29, 0.717) is 11.5 Å². The molecule has 1 aliphatic heterocycles. The van der Waals surface area contributed by atoms with Crippen LogP contribution in [-0.2, 0) is 23.6 Å². The van der Waals surface area contributed by atoms with Crippen LogP contribution in [0, 0.1) is 0 Å². The van der Waals surface area contributed by atoms with Gasteiger partial charge in [0.15, 0.2) is 8.32 Å². The first-order chi connectivity index (χ1) is 11.0. The highest BCUT2D eigenvalue weighted by molar-refractivity contribution is 6.74. The Hall–Kier alpha value is -1.21. The van der Waals surface area contributed by atoms with Gasteiger partial charge in [-0.2, -0.15) is 0 Å². The lowest BCUT2D eigenvalue weighted by Gasteiger charge is -2.36. The summed E-state index contributed by atoms with van der Waals surface area (Å²) in [5.41, 5.74) is 0. The van der Waals surface area contributed by atoms with Gasteiger partial charge >= 0.3 is 5.97 Å². The van der Waals surface area contributed by atoms with E-state index in [9.17, 15) is 14.4 Å². The molecule has 0 radical (unpaired) electrons. The van der Waals surface area contributed by atoms with Crippen molar-refractivity contribution in [2.45, 2.75) is 83.8 Å². The molecule has 1 saturated heterocycles. The van der Waals surface area contributed by atoms with Gasteiger partial charge in [0.1, 0.15) is 0 Å². The van der Waals surface area contributed by atoms with Crippen molar-refractivity contribution in [3.8, 4) is 0 Å². The molecule has 1 fully saturated rings. The number of unbranched alkanes of at least 4 members (excludes halogenated alkanes) is 3. The van der Waals surface area contributed by atoms with Gasteiger partial charge in [-0.3, -0.25) is 9.59 Å². The Morgan fingerprint density at radius 2 is 1.58 bits per heavy atom. The molecule has 0 saturated carbocycles.